The molecule has 0 atom stereocenters. The van der Waals surface area contributed by atoms with Crippen LogP contribution in [0.25, 0.3) is 0 Å². The van der Waals surface area contributed by atoms with E-state index in [-0.39, 0.29) is 24.2 Å². The van der Waals surface area contributed by atoms with Crippen molar-refractivity contribution in [1.82, 2.24) is 10.6 Å². The van der Waals surface area contributed by atoms with E-state index >= 15 is 0 Å². The van der Waals surface area contributed by atoms with E-state index in [2.05, 4.69) is 10.6 Å². The van der Waals surface area contributed by atoms with Crippen LogP contribution in [0.1, 0.15) is 5.56 Å². The minimum Gasteiger partial charge on any atom is -0.496 e. The largest absolute Gasteiger partial charge is 0.496 e. The lowest BCUT2D eigenvalue weighted by Crippen LogP contribution is -2.50. The smallest absolute Gasteiger partial charge is 0.225 e. The average molecular weight is 238 g/mol. The summed E-state index contributed by atoms with van der Waals surface area (Å²) >= 11 is 0. The fourth-order valence-corrected chi connectivity index (χ4v) is 1.69. The third-order valence-electron chi connectivity index (χ3n) is 2.85. The van der Waals surface area contributed by atoms with Crippen LogP contribution in [0.5, 0.6) is 5.75 Å². The van der Waals surface area contributed by atoms with Crippen LogP contribution in [0.4, 0.5) is 4.39 Å². The van der Waals surface area contributed by atoms with E-state index in [1.165, 1.54) is 19.2 Å². The maximum atomic E-state index is 13.1. The van der Waals surface area contributed by atoms with Gasteiger partial charge in [0.25, 0.3) is 0 Å². The molecular weight excluding hydrogens is 223 g/mol. The molecule has 0 aromatic heterocycles. The van der Waals surface area contributed by atoms with Gasteiger partial charge in [0.2, 0.25) is 5.91 Å². The van der Waals surface area contributed by atoms with Crippen molar-refractivity contribution in [3.8, 4) is 5.75 Å². The van der Waals surface area contributed by atoms with Crippen LogP contribution in [-0.4, -0.2) is 26.1 Å². The first kappa shape index (κ1) is 11.9. The van der Waals surface area contributed by atoms with E-state index in [4.69, 9.17) is 4.74 Å². The SMILES string of the molecule is COc1ccc(F)cc1CNC(=O)C1CNC1. The molecule has 0 aliphatic carbocycles. The lowest BCUT2D eigenvalue weighted by atomic mass is 10.0. The van der Waals surface area contributed by atoms with Crippen LogP contribution in [0.15, 0.2) is 18.2 Å². The van der Waals surface area contributed by atoms with Gasteiger partial charge in [-0.3, -0.25) is 4.79 Å². The molecule has 17 heavy (non-hydrogen) atoms. The first-order valence-corrected chi connectivity index (χ1v) is 5.51. The third-order valence-corrected chi connectivity index (χ3v) is 2.85. The summed E-state index contributed by atoms with van der Waals surface area (Å²) in [5.74, 6) is 0.281. The Kier molecular flexibility index (Phi) is 3.58. The van der Waals surface area contributed by atoms with Gasteiger partial charge in [-0.15, -0.1) is 0 Å². The molecule has 0 spiro atoms. The van der Waals surface area contributed by atoms with Crippen molar-refractivity contribution in [3.05, 3.63) is 29.6 Å². The lowest BCUT2D eigenvalue weighted by molar-refractivity contribution is -0.126. The molecule has 1 fully saturated rings. The number of halogens is 1. The normalized spacial score (nSPS) is 15.2. The first-order chi connectivity index (χ1) is 8.20. The number of carbonyl (C=O) groups is 1. The number of hydrogen-bond donors (Lipinski definition) is 2. The van der Waals surface area contributed by atoms with Crippen LogP contribution < -0.4 is 15.4 Å². The summed E-state index contributed by atoms with van der Waals surface area (Å²) in [7, 11) is 1.52. The molecular formula is C12H15FN2O2. The molecule has 1 heterocycles. The highest BCUT2D eigenvalue weighted by Gasteiger charge is 2.24. The summed E-state index contributed by atoms with van der Waals surface area (Å²) in [5, 5.41) is 5.80. The Morgan fingerprint density at radius 3 is 2.94 bits per heavy atom. The molecule has 92 valence electrons. The van der Waals surface area contributed by atoms with Gasteiger partial charge >= 0.3 is 0 Å². The highest BCUT2D eigenvalue weighted by atomic mass is 19.1. The topological polar surface area (TPSA) is 50.4 Å². The number of amides is 1. The minimum absolute atomic E-state index is 0.00457. The van der Waals surface area contributed by atoms with Gasteiger partial charge in [0.05, 0.1) is 13.0 Å². The monoisotopic (exact) mass is 238 g/mol. The average Bonchev–Trinajstić information content (AvgIpc) is 2.24. The van der Waals surface area contributed by atoms with Crippen molar-refractivity contribution < 1.29 is 13.9 Å². The maximum Gasteiger partial charge on any atom is 0.225 e. The van der Waals surface area contributed by atoms with Crippen LogP contribution in [0.2, 0.25) is 0 Å². The number of methoxy groups -OCH3 is 1. The van der Waals surface area contributed by atoms with E-state index in [1.807, 2.05) is 0 Å². The molecule has 2 rings (SSSR count). The van der Waals surface area contributed by atoms with Crippen molar-refractivity contribution in [1.29, 1.82) is 0 Å². The molecule has 1 aromatic carbocycles. The number of nitrogens with one attached hydrogen (secondary N) is 2. The van der Waals surface area contributed by atoms with Crippen molar-refractivity contribution in [2.24, 2.45) is 5.92 Å². The van der Waals surface area contributed by atoms with Crippen LogP contribution in [-0.2, 0) is 11.3 Å². The summed E-state index contributed by atoms with van der Waals surface area (Å²) < 4.78 is 18.2. The molecule has 0 radical (unpaired) electrons. The quantitative estimate of drug-likeness (QED) is 0.810. The molecule has 1 aliphatic heterocycles. The van der Waals surface area contributed by atoms with Crippen molar-refractivity contribution in [2.45, 2.75) is 6.54 Å². The predicted molar refractivity (Wildman–Crippen MR) is 61.2 cm³/mol. The van der Waals surface area contributed by atoms with Gasteiger partial charge in [0, 0.05) is 25.2 Å². The minimum atomic E-state index is -0.333. The molecule has 1 aromatic rings. The van der Waals surface area contributed by atoms with Gasteiger partial charge in [-0.25, -0.2) is 4.39 Å². The predicted octanol–water partition coefficient (Wildman–Crippen LogP) is 0.670. The second kappa shape index (κ2) is 5.14. The van der Waals surface area contributed by atoms with Gasteiger partial charge in [-0.1, -0.05) is 0 Å². The third kappa shape index (κ3) is 2.74. The Hall–Kier alpha value is -1.62. The number of benzene rings is 1. The van der Waals surface area contributed by atoms with Gasteiger partial charge in [0.15, 0.2) is 0 Å². The van der Waals surface area contributed by atoms with Crippen LogP contribution >= 0.6 is 0 Å². The molecule has 4 nitrogen and oxygen atoms in total. The highest BCUT2D eigenvalue weighted by Crippen LogP contribution is 2.19. The summed E-state index contributed by atoms with van der Waals surface area (Å²) in [6.07, 6.45) is 0. The Morgan fingerprint density at radius 1 is 1.59 bits per heavy atom. The molecule has 1 amide bonds. The number of hydrogen-bond acceptors (Lipinski definition) is 3. The first-order valence-electron chi connectivity index (χ1n) is 5.51. The van der Waals surface area contributed by atoms with Crippen molar-refractivity contribution in [3.63, 3.8) is 0 Å². The molecule has 5 heteroatoms. The zero-order valence-corrected chi connectivity index (χ0v) is 9.63. The summed E-state index contributed by atoms with van der Waals surface area (Å²) in [5.41, 5.74) is 0.646. The summed E-state index contributed by atoms with van der Waals surface area (Å²) in [6.45, 7) is 1.72. The molecule has 0 unspecified atom stereocenters. The van der Waals surface area contributed by atoms with Gasteiger partial charge in [-0.05, 0) is 18.2 Å². The second-order valence-electron chi connectivity index (χ2n) is 4.03. The van der Waals surface area contributed by atoms with E-state index in [1.54, 1.807) is 6.07 Å². The van der Waals surface area contributed by atoms with Crippen molar-refractivity contribution >= 4 is 5.91 Å². The van der Waals surface area contributed by atoms with E-state index < -0.39 is 0 Å². The highest BCUT2D eigenvalue weighted by molar-refractivity contribution is 5.80. The Morgan fingerprint density at radius 2 is 2.35 bits per heavy atom. The number of ether oxygens (including phenoxy) is 1. The molecule has 0 bridgehead atoms. The van der Waals surface area contributed by atoms with Gasteiger partial charge in [0.1, 0.15) is 11.6 Å². The van der Waals surface area contributed by atoms with Gasteiger partial charge in [-0.2, -0.15) is 0 Å². The number of rotatable bonds is 4. The van der Waals surface area contributed by atoms with E-state index in [0.717, 1.165) is 0 Å². The second-order valence-corrected chi connectivity index (χ2v) is 4.03. The fourth-order valence-electron chi connectivity index (χ4n) is 1.69. The summed E-state index contributed by atoms with van der Waals surface area (Å²) in [6, 6.07) is 4.26. The van der Waals surface area contributed by atoms with Crippen LogP contribution in [0.3, 0.4) is 0 Å². The number of carbonyl (C=O) groups excluding carboxylic acids is 1. The van der Waals surface area contributed by atoms with Crippen LogP contribution in [0, 0.1) is 11.7 Å². The molecule has 1 aliphatic rings. The molecule has 2 N–H and O–H groups in total. The van der Waals surface area contributed by atoms with E-state index in [9.17, 15) is 9.18 Å². The Bertz CT molecular complexity index is 419. The Balaban J connectivity index is 1.97. The molecule has 1 saturated heterocycles. The standard InChI is InChI=1S/C12H15FN2O2/c1-17-11-3-2-10(13)4-8(11)7-15-12(16)9-5-14-6-9/h2-4,9,14H,5-7H2,1H3,(H,15,16). The lowest BCUT2D eigenvalue weighted by Gasteiger charge is -2.25. The fraction of sp³-hybridized carbons (Fsp3) is 0.417. The van der Waals surface area contributed by atoms with E-state index in [0.29, 0.717) is 24.4 Å². The Labute approximate surface area is 99.2 Å². The molecule has 0 saturated carbocycles. The summed E-state index contributed by atoms with van der Waals surface area (Å²) in [4.78, 5) is 11.6. The zero-order chi connectivity index (χ0) is 12.3. The maximum absolute atomic E-state index is 13.1. The van der Waals surface area contributed by atoms with Gasteiger partial charge < -0.3 is 15.4 Å². The van der Waals surface area contributed by atoms with Crippen molar-refractivity contribution in [2.75, 3.05) is 20.2 Å². The zero-order valence-electron chi connectivity index (χ0n) is 9.63.